The summed E-state index contributed by atoms with van der Waals surface area (Å²) in [5.74, 6) is 0.0911. The molecule has 0 aliphatic heterocycles. The number of nitrogens with two attached hydrogens (primary N) is 1. The summed E-state index contributed by atoms with van der Waals surface area (Å²) in [4.78, 5) is 14.4. The van der Waals surface area contributed by atoms with E-state index in [2.05, 4.69) is 6.92 Å². The quantitative estimate of drug-likeness (QED) is 0.868. The van der Waals surface area contributed by atoms with Crippen LogP contribution in [0, 0.1) is 0 Å². The summed E-state index contributed by atoms with van der Waals surface area (Å²) in [6.07, 6.45) is 4.80. The first-order valence-corrected chi connectivity index (χ1v) is 6.83. The zero-order valence-corrected chi connectivity index (χ0v) is 11.1. The number of carbonyl (C=O) groups excluding carboxylic acids is 1. The van der Waals surface area contributed by atoms with Gasteiger partial charge in [-0.15, -0.1) is 0 Å². The molecule has 1 saturated carbocycles. The van der Waals surface area contributed by atoms with Gasteiger partial charge in [-0.05, 0) is 37.8 Å². The average molecular weight is 246 g/mol. The van der Waals surface area contributed by atoms with Gasteiger partial charge in [0.1, 0.15) is 0 Å². The first-order chi connectivity index (χ1) is 8.67. The maximum atomic E-state index is 12.6. The van der Waals surface area contributed by atoms with Gasteiger partial charge in [-0.2, -0.15) is 0 Å². The average Bonchev–Trinajstić information content (AvgIpc) is 2.37. The molecule has 3 heteroatoms. The van der Waals surface area contributed by atoms with Gasteiger partial charge in [0.15, 0.2) is 0 Å². The lowest BCUT2D eigenvalue weighted by Gasteiger charge is -2.40. The predicted octanol–water partition coefficient (Wildman–Crippen LogP) is 2.70. The third-order valence-corrected chi connectivity index (χ3v) is 3.72. The van der Waals surface area contributed by atoms with Crippen molar-refractivity contribution in [2.75, 3.05) is 11.4 Å². The monoisotopic (exact) mass is 246 g/mol. The molecular weight excluding hydrogens is 224 g/mol. The molecule has 0 spiro atoms. The Labute approximate surface area is 109 Å². The van der Waals surface area contributed by atoms with Crippen molar-refractivity contribution in [2.45, 2.75) is 44.6 Å². The van der Waals surface area contributed by atoms with Crippen molar-refractivity contribution in [3.63, 3.8) is 0 Å². The Bertz CT molecular complexity index is 398. The van der Waals surface area contributed by atoms with Gasteiger partial charge < -0.3 is 10.6 Å². The second-order valence-corrected chi connectivity index (χ2v) is 5.16. The van der Waals surface area contributed by atoms with Crippen LogP contribution in [0.1, 0.15) is 39.0 Å². The van der Waals surface area contributed by atoms with Gasteiger partial charge in [0, 0.05) is 12.2 Å². The highest BCUT2D eigenvalue weighted by molar-refractivity contribution is 6.00. The smallest absolute Gasteiger partial charge is 0.247 e. The topological polar surface area (TPSA) is 46.3 Å². The molecule has 98 valence electrons. The van der Waals surface area contributed by atoms with E-state index in [-0.39, 0.29) is 5.91 Å². The minimum Gasteiger partial charge on any atom is -0.317 e. The van der Waals surface area contributed by atoms with Crippen molar-refractivity contribution in [1.29, 1.82) is 0 Å². The van der Waals surface area contributed by atoms with Gasteiger partial charge in [-0.25, -0.2) is 0 Å². The molecule has 0 atom stereocenters. The number of para-hydroxylation sites is 1. The molecule has 0 radical (unpaired) electrons. The van der Waals surface area contributed by atoms with Crippen molar-refractivity contribution in [2.24, 2.45) is 5.73 Å². The first-order valence-electron chi connectivity index (χ1n) is 6.83. The van der Waals surface area contributed by atoms with Crippen LogP contribution in [0.2, 0.25) is 0 Å². The Morgan fingerprint density at radius 2 is 2.00 bits per heavy atom. The number of carbonyl (C=O) groups is 1. The van der Waals surface area contributed by atoms with Crippen LogP contribution in [0.4, 0.5) is 5.69 Å². The first kappa shape index (κ1) is 13.1. The zero-order chi connectivity index (χ0) is 13.0. The zero-order valence-electron chi connectivity index (χ0n) is 11.1. The van der Waals surface area contributed by atoms with Crippen LogP contribution in [0.5, 0.6) is 0 Å². The molecule has 3 nitrogen and oxygen atoms in total. The molecule has 0 unspecified atom stereocenters. The van der Waals surface area contributed by atoms with Gasteiger partial charge in [0.05, 0.1) is 5.54 Å². The van der Waals surface area contributed by atoms with Crippen molar-refractivity contribution in [1.82, 2.24) is 0 Å². The highest BCUT2D eigenvalue weighted by Gasteiger charge is 2.42. The molecule has 0 bridgehead atoms. The second-order valence-electron chi connectivity index (χ2n) is 5.16. The Balaban J connectivity index is 2.17. The summed E-state index contributed by atoms with van der Waals surface area (Å²) in [7, 11) is 0. The Morgan fingerprint density at radius 1 is 1.33 bits per heavy atom. The van der Waals surface area contributed by atoms with Crippen LogP contribution < -0.4 is 10.6 Å². The van der Waals surface area contributed by atoms with Crippen LogP contribution in [-0.4, -0.2) is 18.0 Å². The van der Waals surface area contributed by atoms with Crippen molar-refractivity contribution in [3.8, 4) is 0 Å². The van der Waals surface area contributed by atoms with Crippen molar-refractivity contribution >= 4 is 11.6 Å². The SMILES string of the molecule is CCCCN(C(=O)C1(N)CCC1)c1ccccc1. The molecule has 18 heavy (non-hydrogen) atoms. The maximum absolute atomic E-state index is 12.6. The number of unbranched alkanes of at least 4 members (excludes halogenated alkanes) is 1. The van der Waals surface area contributed by atoms with E-state index >= 15 is 0 Å². The molecule has 2 rings (SSSR count). The summed E-state index contributed by atoms with van der Waals surface area (Å²) in [5, 5.41) is 0. The van der Waals surface area contributed by atoms with Gasteiger partial charge in [0.25, 0.3) is 0 Å². The minimum absolute atomic E-state index is 0.0911. The van der Waals surface area contributed by atoms with E-state index in [1.54, 1.807) is 0 Å². The molecule has 0 saturated heterocycles. The summed E-state index contributed by atoms with van der Waals surface area (Å²) in [6.45, 7) is 2.90. The van der Waals surface area contributed by atoms with Crippen molar-refractivity contribution in [3.05, 3.63) is 30.3 Å². The van der Waals surface area contributed by atoms with E-state index in [9.17, 15) is 4.79 Å². The van der Waals surface area contributed by atoms with E-state index in [0.29, 0.717) is 0 Å². The number of hydrogen-bond acceptors (Lipinski definition) is 2. The highest BCUT2D eigenvalue weighted by Crippen LogP contribution is 2.32. The Kier molecular flexibility index (Phi) is 4.02. The van der Waals surface area contributed by atoms with E-state index in [4.69, 9.17) is 5.73 Å². The normalized spacial score (nSPS) is 17.0. The van der Waals surface area contributed by atoms with Gasteiger partial charge >= 0.3 is 0 Å². The number of amides is 1. The maximum Gasteiger partial charge on any atom is 0.247 e. The minimum atomic E-state index is -0.608. The summed E-state index contributed by atoms with van der Waals surface area (Å²) in [6, 6.07) is 9.86. The Morgan fingerprint density at radius 3 is 2.50 bits per heavy atom. The summed E-state index contributed by atoms with van der Waals surface area (Å²) in [5.41, 5.74) is 6.52. The Hall–Kier alpha value is -1.35. The number of rotatable bonds is 5. The third-order valence-electron chi connectivity index (χ3n) is 3.72. The van der Waals surface area contributed by atoms with Crippen LogP contribution in [-0.2, 0) is 4.79 Å². The lowest BCUT2D eigenvalue weighted by molar-refractivity contribution is -0.126. The molecule has 1 amide bonds. The second kappa shape index (κ2) is 5.53. The van der Waals surface area contributed by atoms with Gasteiger partial charge in [-0.3, -0.25) is 4.79 Å². The summed E-state index contributed by atoms with van der Waals surface area (Å²) < 4.78 is 0. The predicted molar refractivity (Wildman–Crippen MR) is 74.5 cm³/mol. The molecular formula is C15H22N2O. The number of benzene rings is 1. The van der Waals surface area contributed by atoms with E-state index in [1.807, 2.05) is 35.2 Å². The van der Waals surface area contributed by atoms with Gasteiger partial charge in [0.2, 0.25) is 5.91 Å². The van der Waals surface area contributed by atoms with E-state index in [0.717, 1.165) is 44.3 Å². The fourth-order valence-corrected chi connectivity index (χ4v) is 2.31. The number of nitrogens with zero attached hydrogens (tertiary/aromatic N) is 1. The van der Waals surface area contributed by atoms with Crippen LogP contribution in [0.25, 0.3) is 0 Å². The molecule has 0 heterocycles. The number of hydrogen-bond donors (Lipinski definition) is 1. The molecule has 1 fully saturated rings. The molecule has 1 aromatic carbocycles. The van der Waals surface area contributed by atoms with Crippen LogP contribution in [0.3, 0.4) is 0 Å². The molecule has 0 aromatic heterocycles. The standard InChI is InChI=1S/C15H22N2O/c1-2-3-12-17(13-8-5-4-6-9-13)14(18)15(16)10-7-11-15/h4-6,8-9H,2-3,7,10-12,16H2,1H3. The third kappa shape index (κ3) is 2.56. The highest BCUT2D eigenvalue weighted by atomic mass is 16.2. The lowest BCUT2D eigenvalue weighted by Crippen LogP contribution is -2.60. The van der Waals surface area contributed by atoms with E-state index in [1.165, 1.54) is 0 Å². The number of anilines is 1. The summed E-state index contributed by atoms with van der Waals surface area (Å²) >= 11 is 0. The molecule has 1 aliphatic rings. The molecule has 1 aromatic rings. The molecule has 1 aliphatic carbocycles. The molecule has 2 N–H and O–H groups in total. The fraction of sp³-hybridized carbons (Fsp3) is 0.533. The fourth-order valence-electron chi connectivity index (χ4n) is 2.31. The largest absolute Gasteiger partial charge is 0.317 e. The van der Waals surface area contributed by atoms with Crippen LogP contribution >= 0.6 is 0 Å². The van der Waals surface area contributed by atoms with Crippen molar-refractivity contribution < 1.29 is 4.79 Å². The van der Waals surface area contributed by atoms with Gasteiger partial charge in [-0.1, -0.05) is 31.5 Å². The van der Waals surface area contributed by atoms with Crippen LogP contribution in [0.15, 0.2) is 30.3 Å². The van der Waals surface area contributed by atoms with E-state index < -0.39 is 5.54 Å². The lowest BCUT2D eigenvalue weighted by atomic mass is 9.76.